The van der Waals surface area contributed by atoms with Crippen molar-refractivity contribution in [2.24, 2.45) is 5.92 Å². The second-order valence-corrected chi connectivity index (χ2v) is 8.61. The van der Waals surface area contributed by atoms with Crippen LogP contribution in [0.1, 0.15) is 32.6 Å². The maximum absolute atomic E-state index is 14.6. The second kappa shape index (κ2) is 10.0. The van der Waals surface area contributed by atoms with E-state index in [4.69, 9.17) is 0 Å². The minimum absolute atomic E-state index is 0.158. The van der Waals surface area contributed by atoms with Crippen LogP contribution in [-0.4, -0.2) is 50.9 Å². The van der Waals surface area contributed by atoms with Gasteiger partial charge in [-0.05, 0) is 48.9 Å². The standard InChI is InChI=1S/C24H25F4N5O2/c1-3-14-4-7-19(25)20(8-14)33(2)22-13-30-23(32-31-22)18-6-5-15(10-21(18)34)16-9-17(12-29-11-16)35-24(26,27)28/h5-6,9-14,19-20,34H,3-4,7-8H2,1-2H3/t14-,19+,20-/m1/s1. The van der Waals surface area contributed by atoms with Gasteiger partial charge in [-0.3, -0.25) is 4.98 Å². The molecule has 186 valence electrons. The Balaban J connectivity index is 1.52. The van der Waals surface area contributed by atoms with Crippen molar-refractivity contribution in [3.8, 4) is 34.0 Å². The zero-order valence-corrected chi connectivity index (χ0v) is 19.2. The van der Waals surface area contributed by atoms with E-state index in [2.05, 4.69) is 31.8 Å². The molecule has 0 amide bonds. The van der Waals surface area contributed by atoms with Gasteiger partial charge in [0.15, 0.2) is 11.6 Å². The van der Waals surface area contributed by atoms with E-state index in [0.29, 0.717) is 29.3 Å². The lowest BCUT2D eigenvalue weighted by molar-refractivity contribution is -0.274. The van der Waals surface area contributed by atoms with Crippen LogP contribution in [0.5, 0.6) is 11.5 Å². The number of anilines is 1. The van der Waals surface area contributed by atoms with Gasteiger partial charge >= 0.3 is 6.36 Å². The maximum atomic E-state index is 14.6. The Morgan fingerprint density at radius 2 is 1.89 bits per heavy atom. The minimum atomic E-state index is -4.84. The van der Waals surface area contributed by atoms with Crippen LogP contribution in [0, 0.1) is 5.92 Å². The van der Waals surface area contributed by atoms with Crippen molar-refractivity contribution in [3.63, 3.8) is 0 Å². The van der Waals surface area contributed by atoms with E-state index in [1.165, 1.54) is 30.6 Å². The Kier molecular flexibility index (Phi) is 7.04. The Labute approximate surface area is 199 Å². The number of hydrogen-bond donors (Lipinski definition) is 1. The highest BCUT2D eigenvalue weighted by Crippen LogP contribution is 2.35. The van der Waals surface area contributed by atoms with Crippen molar-refractivity contribution in [2.45, 2.75) is 51.2 Å². The lowest BCUT2D eigenvalue weighted by Crippen LogP contribution is -2.44. The molecule has 1 aliphatic carbocycles. The van der Waals surface area contributed by atoms with E-state index in [1.54, 1.807) is 18.0 Å². The summed E-state index contributed by atoms with van der Waals surface area (Å²) in [4.78, 5) is 9.82. The molecule has 3 aromatic rings. The lowest BCUT2D eigenvalue weighted by atomic mass is 9.82. The fraction of sp³-hybridized carbons (Fsp3) is 0.417. The van der Waals surface area contributed by atoms with Gasteiger partial charge in [0, 0.05) is 18.8 Å². The Bertz CT molecular complexity index is 1160. The summed E-state index contributed by atoms with van der Waals surface area (Å²) in [6.45, 7) is 2.11. The predicted molar refractivity (Wildman–Crippen MR) is 122 cm³/mol. The highest BCUT2D eigenvalue weighted by Gasteiger charge is 2.33. The van der Waals surface area contributed by atoms with E-state index in [0.717, 1.165) is 25.5 Å². The molecule has 1 aliphatic rings. The number of ether oxygens (including phenoxy) is 1. The zero-order valence-electron chi connectivity index (χ0n) is 19.2. The molecule has 2 heterocycles. The first kappa shape index (κ1) is 24.6. The number of benzene rings is 1. The van der Waals surface area contributed by atoms with Crippen molar-refractivity contribution in [3.05, 3.63) is 42.9 Å². The summed E-state index contributed by atoms with van der Waals surface area (Å²) in [6.07, 6.45) is 1.15. The van der Waals surface area contributed by atoms with Crippen LogP contribution in [0.2, 0.25) is 0 Å². The summed E-state index contributed by atoms with van der Waals surface area (Å²) in [7, 11) is 1.78. The predicted octanol–water partition coefficient (Wildman–Crippen LogP) is 5.56. The molecular weight excluding hydrogens is 466 g/mol. The van der Waals surface area contributed by atoms with E-state index in [9.17, 15) is 22.7 Å². The van der Waals surface area contributed by atoms with E-state index < -0.39 is 18.3 Å². The van der Waals surface area contributed by atoms with E-state index in [1.807, 2.05) is 0 Å². The molecule has 3 atom stereocenters. The van der Waals surface area contributed by atoms with Crippen molar-refractivity contribution in [1.29, 1.82) is 0 Å². The van der Waals surface area contributed by atoms with Crippen LogP contribution < -0.4 is 9.64 Å². The van der Waals surface area contributed by atoms with Gasteiger partial charge in [-0.25, -0.2) is 9.37 Å². The number of phenolic OH excluding ortho intramolecular Hbond substituents is 1. The Morgan fingerprint density at radius 3 is 2.54 bits per heavy atom. The van der Waals surface area contributed by atoms with Gasteiger partial charge in [-0.15, -0.1) is 23.4 Å². The van der Waals surface area contributed by atoms with E-state index >= 15 is 0 Å². The van der Waals surface area contributed by atoms with Crippen LogP contribution in [0.3, 0.4) is 0 Å². The highest BCUT2D eigenvalue weighted by atomic mass is 19.4. The molecule has 0 aliphatic heterocycles. The summed E-state index contributed by atoms with van der Waals surface area (Å²) >= 11 is 0. The van der Waals surface area contributed by atoms with Crippen LogP contribution >= 0.6 is 0 Å². The molecule has 4 rings (SSSR count). The fourth-order valence-corrected chi connectivity index (χ4v) is 4.36. The average Bonchev–Trinajstić information content (AvgIpc) is 2.83. The molecule has 0 bridgehead atoms. The lowest BCUT2D eigenvalue weighted by Gasteiger charge is -2.37. The van der Waals surface area contributed by atoms with Gasteiger partial charge in [0.25, 0.3) is 0 Å². The third-order valence-electron chi connectivity index (χ3n) is 6.35. The molecule has 1 fully saturated rings. The minimum Gasteiger partial charge on any atom is -0.507 e. The van der Waals surface area contributed by atoms with E-state index in [-0.39, 0.29) is 23.2 Å². The zero-order chi connectivity index (χ0) is 25.2. The summed E-state index contributed by atoms with van der Waals surface area (Å²) in [6, 6.07) is 5.37. The number of rotatable bonds is 6. The third-order valence-corrected chi connectivity index (χ3v) is 6.35. The van der Waals surface area contributed by atoms with Crippen LogP contribution in [-0.2, 0) is 0 Å². The molecule has 1 saturated carbocycles. The molecule has 0 unspecified atom stereocenters. The first-order valence-electron chi connectivity index (χ1n) is 11.3. The first-order chi connectivity index (χ1) is 16.6. The number of phenols is 1. The number of aromatic hydroxyl groups is 1. The molecule has 0 radical (unpaired) electrons. The normalized spacial score (nSPS) is 20.5. The monoisotopic (exact) mass is 491 g/mol. The number of halogens is 4. The average molecular weight is 491 g/mol. The fourth-order valence-electron chi connectivity index (χ4n) is 4.36. The molecule has 7 nitrogen and oxygen atoms in total. The van der Waals surface area contributed by atoms with Crippen LogP contribution in [0.4, 0.5) is 23.4 Å². The maximum Gasteiger partial charge on any atom is 0.573 e. The van der Waals surface area contributed by atoms with Gasteiger partial charge in [-0.2, -0.15) is 0 Å². The van der Waals surface area contributed by atoms with Gasteiger partial charge in [0.05, 0.1) is 24.0 Å². The smallest absolute Gasteiger partial charge is 0.507 e. The van der Waals surface area contributed by atoms with Crippen LogP contribution in [0.15, 0.2) is 42.9 Å². The first-order valence-corrected chi connectivity index (χ1v) is 11.3. The summed E-state index contributed by atoms with van der Waals surface area (Å²) in [5.74, 6) is 0.409. The molecule has 0 spiro atoms. The molecule has 35 heavy (non-hydrogen) atoms. The largest absolute Gasteiger partial charge is 0.573 e. The summed E-state index contributed by atoms with van der Waals surface area (Å²) < 4.78 is 55.9. The molecule has 11 heteroatoms. The number of hydrogen-bond acceptors (Lipinski definition) is 7. The topological polar surface area (TPSA) is 84.3 Å². The Morgan fingerprint density at radius 1 is 1.09 bits per heavy atom. The second-order valence-electron chi connectivity index (χ2n) is 8.61. The summed E-state index contributed by atoms with van der Waals surface area (Å²) in [5, 5.41) is 18.8. The van der Waals surface area contributed by atoms with Gasteiger partial charge < -0.3 is 14.7 Å². The molecule has 0 saturated heterocycles. The Hall–Kier alpha value is -3.50. The molecule has 2 aromatic heterocycles. The summed E-state index contributed by atoms with van der Waals surface area (Å²) in [5.41, 5.74) is 1.04. The van der Waals surface area contributed by atoms with Crippen molar-refractivity contribution < 1.29 is 27.4 Å². The molecule has 1 N–H and O–H groups in total. The highest BCUT2D eigenvalue weighted by molar-refractivity contribution is 5.73. The van der Waals surface area contributed by atoms with Gasteiger partial charge in [0.2, 0.25) is 0 Å². The van der Waals surface area contributed by atoms with Crippen molar-refractivity contribution in [2.75, 3.05) is 11.9 Å². The third kappa shape index (κ3) is 5.77. The van der Waals surface area contributed by atoms with Gasteiger partial charge in [0.1, 0.15) is 17.7 Å². The SMILES string of the molecule is CC[C@@H]1CC[C@H](F)[C@H](N(C)c2cnc(-c3ccc(-c4cncc(OC(F)(F)F)c4)cc3O)nn2)C1. The number of pyridine rings is 1. The number of alkyl halides is 4. The van der Waals surface area contributed by atoms with Crippen LogP contribution in [0.25, 0.3) is 22.5 Å². The number of aromatic nitrogens is 4. The number of nitrogens with zero attached hydrogens (tertiary/aromatic N) is 5. The molecular formula is C24H25F4N5O2. The van der Waals surface area contributed by atoms with Gasteiger partial charge in [-0.1, -0.05) is 19.4 Å². The van der Waals surface area contributed by atoms with Crippen molar-refractivity contribution in [1.82, 2.24) is 20.2 Å². The molecule has 1 aromatic carbocycles. The quantitative estimate of drug-likeness (QED) is 0.452. The van der Waals surface area contributed by atoms with Crippen molar-refractivity contribution >= 4 is 5.82 Å².